The van der Waals surface area contributed by atoms with E-state index in [1.54, 1.807) is 18.2 Å². The predicted octanol–water partition coefficient (Wildman–Crippen LogP) is 2.79. The van der Waals surface area contributed by atoms with Crippen molar-refractivity contribution in [1.82, 2.24) is 5.32 Å². The number of amides is 1. The van der Waals surface area contributed by atoms with Crippen molar-refractivity contribution in [3.05, 3.63) is 34.3 Å². The maximum Gasteiger partial charge on any atom is 0.251 e. The lowest BCUT2D eigenvalue weighted by molar-refractivity contribution is 0.0900. The third-order valence-electron chi connectivity index (χ3n) is 2.66. The standard InChI is InChI=1S/C14H20ClNO2/c1-9(2)6-12(17)8-16-14(18)11-4-5-13(15)10(3)7-11/h4-5,7,9,12,17H,6,8H2,1-3H3,(H,16,18). The van der Waals surface area contributed by atoms with Crippen LogP contribution < -0.4 is 5.32 Å². The second-order valence-corrected chi connectivity index (χ2v) is 5.36. The fourth-order valence-electron chi connectivity index (χ4n) is 1.73. The molecule has 1 amide bonds. The van der Waals surface area contributed by atoms with Crippen molar-refractivity contribution < 1.29 is 9.90 Å². The molecule has 2 N–H and O–H groups in total. The number of halogens is 1. The van der Waals surface area contributed by atoms with E-state index in [1.807, 2.05) is 20.8 Å². The quantitative estimate of drug-likeness (QED) is 0.864. The number of aliphatic hydroxyl groups excluding tert-OH is 1. The van der Waals surface area contributed by atoms with Gasteiger partial charge in [0.05, 0.1) is 6.10 Å². The molecule has 4 heteroatoms. The number of aliphatic hydroxyl groups is 1. The lowest BCUT2D eigenvalue weighted by Gasteiger charge is -2.14. The SMILES string of the molecule is Cc1cc(C(=O)NCC(O)CC(C)C)ccc1Cl. The van der Waals surface area contributed by atoms with Crippen LogP contribution in [-0.4, -0.2) is 23.7 Å². The van der Waals surface area contributed by atoms with Gasteiger partial charge in [0, 0.05) is 17.1 Å². The maximum absolute atomic E-state index is 11.8. The van der Waals surface area contributed by atoms with Gasteiger partial charge in [-0.3, -0.25) is 4.79 Å². The minimum atomic E-state index is -0.498. The number of hydrogen-bond donors (Lipinski definition) is 2. The molecule has 1 rings (SSSR count). The van der Waals surface area contributed by atoms with E-state index in [9.17, 15) is 9.90 Å². The van der Waals surface area contributed by atoms with Crippen LogP contribution in [0.25, 0.3) is 0 Å². The number of benzene rings is 1. The van der Waals surface area contributed by atoms with Crippen LogP contribution in [0.1, 0.15) is 36.2 Å². The van der Waals surface area contributed by atoms with Crippen LogP contribution in [-0.2, 0) is 0 Å². The maximum atomic E-state index is 11.8. The molecule has 1 aromatic rings. The number of nitrogens with one attached hydrogen (secondary N) is 1. The van der Waals surface area contributed by atoms with Gasteiger partial charge in [-0.25, -0.2) is 0 Å². The molecule has 3 nitrogen and oxygen atoms in total. The summed E-state index contributed by atoms with van der Waals surface area (Å²) < 4.78 is 0. The Morgan fingerprint density at radius 3 is 2.67 bits per heavy atom. The van der Waals surface area contributed by atoms with Crippen LogP contribution in [0, 0.1) is 12.8 Å². The van der Waals surface area contributed by atoms with Crippen molar-refractivity contribution in [2.24, 2.45) is 5.92 Å². The van der Waals surface area contributed by atoms with E-state index in [0.29, 0.717) is 22.9 Å². The molecule has 0 heterocycles. The van der Waals surface area contributed by atoms with E-state index in [4.69, 9.17) is 11.6 Å². The summed E-state index contributed by atoms with van der Waals surface area (Å²) in [7, 11) is 0. The number of aryl methyl sites for hydroxylation is 1. The molecular formula is C14H20ClNO2. The molecule has 18 heavy (non-hydrogen) atoms. The zero-order valence-electron chi connectivity index (χ0n) is 11.0. The van der Waals surface area contributed by atoms with Gasteiger partial charge < -0.3 is 10.4 Å². The minimum absolute atomic E-state index is 0.183. The van der Waals surface area contributed by atoms with Gasteiger partial charge in [-0.1, -0.05) is 25.4 Å². The topological polar surface area (TPSA) is 49.3 Å². The highest BCUT2D eigenvalue weighted by Crippen LogP contribution is 2.16. The first-order chi connectivity index (χ1) is 8.40. The molecule has 1 unspecified atom stereocenters. The largest absolute Gasteiger partial charge is 0.391 e. The average Bonchev–Trinajstić information content (AvgIpc) is 2.28. The Balaban J connectivity index is 2.52. The van der Waals surface area contributed by atoms with E-state index in [-0.39, 0.29) is 12.5 Å². The molecule has 0 fully saturated rings. The zero-order valence-corrected chi connectivity index (χ0v) is 11.8. The fourth-order valence-corrected chi connectivity index (χ4v) is 1.84. The average molecular weight is 270 g/mol. The molecule has 1 aromatic carbocycles. The lowest BCUT2D eigenvalue weighted by Crippen LogP contribution is -2.32. The van der Waals surface area contributed by atoms with Crippen molar-refractivity contribution in [2.45, 2.75) is 33.3 Å². The summed E-state index contributed by atoms with van der Waals surface area (Å²) in [6, 6.07) is 5.13. The first-order valence-electron chi connectivity index (χ1n) is 6.12. The summed E-state index contributed by atoms with van der Waals surface area (Å²) in [6.07, 6.45) is 0.183. The Labute approximate surface area is 113 Å². The van der Waals surface area contributed by atoms with E-state index in [2.05, 4.69) is 5.32 Å². The van der Waals surface area contributed by atoms with Gasteiger partial charge in [0.25, 0.3) is 5.91 Å². The van der Waals surface area contributed by atoms with Crippen LogP contribution in [0.5, 0.6) is 0 Å². The van der Waals surface area contributed by atoms with Crippen LogP contribution in [0.3, 0.4) is 0 Å². The summed E-state index contributed by atoms with van der Waals surface area (Å²) >= 11 is 5.90. The van der Waals surface area contributed by atoms with Gasteiger partial charge in [-0.2, -0.15) is 0 Å². The van der Waals surface area contributed by atoms with Crippen LogP contribution in [0.4, 0.5) is 0 Å². The molecule has 0 spiro atoms. The van der Waals surface area contributed by atoms with Gasteiger partial charge in [-0.05, 0) is 43.0 Å². The molecule has 1 atom stereocenters. The molecule has 100 valence electrons. The molecule has 0 saturated carbocycles. The summed E-state index contributed by atoms with van der Waals surface area (Å²) in [5, 5.41) is 13.0. The summed E-state index contributed by atoms with van der Waals surface area (Å²) in [4.78, 5) is 11.8. The highest BCUT2D eigenvalue weighted by Gasteiger charge is 2.11. The monoisotopic (exact) mass is 269 g/mol. The molecular weight excluding hydrogens is 250 g/mol. The molecule has 0 bridgehead atoms. The Hall–Kier alpha value is -1.06. The molecule has 0 saturated heterocycles. The predicted molar refractivity (Wildman–Crippen MR) is 74.0 cm³/mol. The Morgan fingerprint density at radius 1 is 1.44 bits per heavy atom. The van der Waals surface area contributed by atoms with Gasteiger partial charge in [0.1, 0.15) is 0 Å². The number of hydrogen-bond acceptors (Lipinski definition) is 2. The molecule has 0 aromatic heterocycles. The van der Waals surface area contributed by atoms with Crippen molar-refractivity contribution in [1.29, 1.82) is 0 Å². The van der Waals surface area contributed by atoms with Crippen molar-refractivity contribution in [3.8, 4) is 0 Å². The Kier molecular flexibility index (Phi) is 5.63. The third-order valence-corrected chi connectivity index (χ3v) is 3.09. The zero-order chi connectivity index (χ0) is 13.7. The fraction of sp³-hybridized carbons (Fsp3) is 0.500. The summed E-state index contributed by atoms with van der Waals surface area (Å²) in [6.45, 7) is 6.20. The second kappa shape index (κ2) is 6.76. The lowest BCUT2D eigenvalue weighted by atomic mass is 10.1. The molecule has 0 aliphatic carbocycles. The highest BCUT2D eigenvalue weighted by atomic mass is 35.5. The summed E-state index contributed by atoms with van der Waals surface area (Å²) in [5.74, 6) is 0.229. The van der Waals surface area contributed by atoms with E-state index in [1.165, 1.54) is 0 Å². The third kappa shape index (κ3) is 4.67. The second-order valence-electron chi connectivity index (χ2n) is 4.96. The highest BCUT2D eigenvalue weighted by molar-refractivity contribution is 6.31. The molecule has 0 aliphatic heterocycles. The number of rotatable bonds is 5. The molecule has 0 aliphatic rings. The van der Waals surface area contributed by atoms with Crippen LogP contribution in [0.15, 0.2) is 18.2 Å². The first kappa shape index (κ1) is 15.0. The number of carbonyl (C=O) groups excluding carboxylic acids is 1. The minimum Gasteiger partial charge on any atom is -0.391 e. The first-order valence-corrected chi connectivity index (χ1v) is 6.50. The van der Waals surface area contributed by atoms with Crippen molar-refractivity contribution in [2.75, 3.05) is 6.54 Å². The smallest absolute Gasteiger partial charge is 0.251 e. The Bertz CT molecular complexity index is 418. The van der Waals surface area contributed by atoms with Gasteiger partial charge >= 0.3 is 0 Å². The van der Waals surface area contributed by atoms with Crippen LogP contribution in [0.2, 0.25) is 5.02 Å². The Morgan fingerprint density at radius 2 is 2.11 bits per heavy atom. The van der Waals surface area contributed by atoms with Crippen LogP contribution >= 0.6 is 11.6 Å². The summed E-state index contributed by atoms with van der Waals surface area (Å²) in [5.41, 5.74) is 1.43. The number of carbonyl (C=O) groups is 1. The molecule has 0 radical (unpaired) electrons. The normalized spacial score (nSPS) is 12.6. The van der Waals surface area contributed by atoms with E-state index in [0.717, 1.165) is 5.56 Å². The van der Waals surface area contributed by atoms with Gasteiger partial charge in [0.2, 0.25) is 0 Å². The van der Waals surface area contributed by atoms with Crippen molar-refractivity contribution >= 4 is 17.5 Å². The van der Waals surface area contributed by atoms with E-state index < -0.39 is 6.10 Å². The van der Waals surface area contributed by atoms with Gasteiger partial charge in [0.15, 0.2) is 0 Å². The van der Waals surface area contributed by atoms with Crippen molar-refractivity contribution in [3.63, 3.8) is 0 Å². The van der Waals surface area contributed by atoms with Gasteiger partial charge in [-0.15, -0.1) is 0 Å². The van der Waals surface area contributed by atoms with E-state index >= 15 is 0 Å².